The number of pyridine rings is 2. The van der Waals surface area contributed by atoms with Gasteiger partial charge >= 0.3 is 6.03 Å². The lowest BCUT2D eigenvalue weighted by atomic mass is 10.00. The number of aldehydes is 1. The Balaban J connectivity index is 1.89. The van der Waals surface area contributed by atoms with Gasteiger partial charge in [-0.2, -0.15) is 5.26 Å². The predicted octanol–water partition coefficient (Wildman–Crippen LogP) is 3.32. The van der Waals surface area contributed by atoms with E-state index >= 15 is 0 Å². The first kappa shape index (κ1) is 19.3. The Labute approximate surface area is 163 Å². The van der Waals surface area contributed by atoms with E-state index in [0.29, 0.717) is 23.4 Å². The molecule has 8 heteroatoms. The molecule has 0 aliphatic carbocycles. The molecule has 0 aromatic carbocycles. The Morgan fingerprint density at radius 1 is 1.46 bits per heavy atom. The van der Waals surface area contributed by atoms with Gasteiger partial charge in [0.15, 0.2) is 6.29 Å². The predicted molar refractivity (Wildman–Crippen MR) is 104 cm³/mol. The second-order valence-corrected chi connectivity index (χ2v) is 6.87. The van der Waals surface area contributed by atoms with Gasteiger partial charge < -0.3 is 4.74 Å². The van der Waals surface area contributed by atoms with Crippen molar-refractivity contribution in [1.82, 2.24) is 9.97 Å². The van der Waals surface area contributed by atoms with Crippen LogP contribution in [0.4, 0.5) is 16.4 Å². The fraction of sp³-hybridized carbons (Fsp3) is 0.350. The zero-order chi connectivity index (χ0) is 20.3. The number of nitrogens with one attached hydrogen (secondary N) is 1. The molecule has 2 aromatic rings. The molecule has 3 heterocycles. The SMILES string of the molecule is CC(C)Oc1cc(NC(=O)N2c3nc(C=O)ccc3CCC2C)ncc1C#N. The van der Waals surface area contributed by atoms with Crippen molar-refractivity contribution in [2.45, 2.75) is 45.8 Å². The van der Waals surface area contributed by atoms with E-state index in [9.17, 15) is 14.9 Å². The minimum absolute atomic E-state index is 0.0910. The van der Waals surface area contributed by atoms with E-state index in [1.807, 2.05) is 32.9 Å². The maximum Gasteiger partial charge on any atom is 0.328 e. The molecule has 0 radical (unpaired) electrons. The number of fused-ring (bicyclic) bond motifs is 1. The van der Waals surface area contributed by atoms with Gasteiger partial charge in [0.2, 0.25) is 0 Å². The number of rotatable bonds is 4. The van der Waals surface area contributed by atoms with E-state index in [2.05, 4.69) is 15.3 Å². The molecule has 1 unspecified atom stereocenters. The number of nitriles is 1. The number of carbonyl (C=O) groups is 2. The van der Waals surface area contributed by atoms with E-state index in [-0.39, 0.29) is 23.7 Å². The Bertz CT molecular complexity index is 951. The van der Waals surface area contributed by atoms with Gasteiger partial charge in [-0.1, -0.05) is 6.07 Å². The summed E-state index contributed by atoms with van der Waals surface area (Å²) in [6, 6.07) is 6.53. The Morgan fingerprint density at radius 2 is 2.25 bits per heavy atom. The molecule has 28 heavy (non-hydrogen) atoms. The molecule has 0 bridgehead atoms. The minimum Gasteiger partial charge on any atom is -0.489 e. The molecule has 1 atom stereocenters. The molecule has 0 spiro atoms. The van der Waals surface area contributed by atoms with Gasteiger partial charge in [-0.3, -0.25) is 15.0 Å². The van der Waals surface area contributed by atoms with Gasteiger partial charge in [0, 0.05) is 12.1 Å². The van der Waals surface area contributed by atoms with E-state index in [4.69, 9.17) is 4.74 Å². The monoisotopic (exact) mass is 379 g/mol. The number of anilines is 2. The van der Waals surface area contributed by atoms with Crippen LogP contribution in [0, 0.1) is 11.3 Å². The number of aromatic nitrogens is 2. The molecule has 0 saturated heterocycles. The van der Waals surface area contributed by atoms with Gasteiger partial charge in [0.25, 0.3) is 0 Å². The number of aryl methyl sites for hydroxylation is 1. The van der Waals surface area contributed by atoms with Crippen molar-refractivity contribution in [2.24, 2.45) is 0 Å². The average Bonchev–Trinajstić information content (AvgIpc) is 2.67. The van der Waals surface area contributed by atoms with Crippen LogP contribution in [-0.2, 0) is 6.42 Å². The molecule has 0 fully saturated rings. The molecular formula is C20H21N5O3. The van der Waals surface area contributed by atoms with Gasteiger partial charge in [-0.05, 0) is 45.2 Å². The zero-order valence-electron chi connectivity index (χ0n) is 16.0. The highest BCUT2D eigenvalue weighted by Crippen LogP contribution is 2.30. The second-order valence-electron chi connectivity index (χ2n) is 6.87. The normalized spacial score (nSPS) is 15.5. The number of hydrogen-bond donors (Lipinski definition) is 1. The van der Waals surface area contributed by atoms with E-state index in [1.165, 1.54) is 17.2 Å². The molecule has 1 aliphatic rings. The van der Waals surface area contributed by atoms with Gasteiger partial charge in [-0.25, -0.2) is 14.8 Å². The van der Waals surface area contributed by atoms with Crippen molar-refractivity contribution in [3.8, 4) is 11.8 Å². The molecule has 3 rings (SSSR count). The summed E-state index contributed by atoms with van der Waals surface area (Å²) in [5, 5.41) is 11.9. The maximum absolute atomic E-state index is 13.0. The fourth-order valence-electron chi connectivity index (χ4n) is 3.07. The minimum atomic E-state index is -0.406. The van der Waals surface area contributed by atoms with Crippen molar-refractivity contribution >= 4 is 24.0 Å². The maximum atomic E-state index is 13.0. The molecule has 1 aliphatic heterocycles. The number of hydrogen-bond acceptors (Lipinski definition) is 6. The summed E-state index contributed by atoms with van der Waals surface area (Å²) in [6.07, 6.45) is 3.47. The number of urea groups is 1. The summed E-state index contributed by atoms with van der Waals surface area (Å²) in [6.45, 7) is 5.63. The third-order valence-corrected chi connectivity index (χ3v) is 4.40. The first-order chi connectivity index (χ1) is 13.4. The van der Waals surface area contributed by atoms with Crippen molar-refractivity contribution in [3.05, 3.63) is 41.2 Å². The summed E-state index contributed by atoms with van der Waals surface area (Å²) >= 11 is 0. The first-order valence-electron chi connectivity index (χ1n) is 9.05. The highest BCUT2D eigenvalue weighted by Gasteiger charge is 2.30. The number of carbonyl (C=O) groups excluding carboxylic acids is 2. The van der Waals surface area contributed by atoms with Crippen LogP contribution in [-0.4, -0.2) is 34.4 Å². The van der Waals surface area contributed by atoms with Crippen molar-refractivity contribution in [2.75, 3.05) is 10.2 Å². The Morgan fingerprint density at radius 3 is 2.93 bits per heavy atom. The third kappa shape index (κ3) is 3.93. The number of amides is 2. The molecule has 2 amide bonds. The summed E-state index contributed by atoms with van der Waals surface area (Å²) in [4.78, 5) is 34.0. The fourth-order valence-corrected chi connectivity index (χ4v) is 3.07. The van der Waals surface area contributed by atoms with E-state index < -0.39 is 6.03 Å². The zero-order valence-corrected chi connectivity index (χ0v) is 16.0. The highest BCUT2D eigenvalue weighted by atomic mass is 16.5. The van der Waals surface area contributed by atoms with E-state index in [0.717, 1.165) is 18.4 Å². The lowest BCUT2D eigenvalue weighted by Crippen LogP contribution is -2.45. The second kappa shape index (κ2) is 8.05. The van der Waals surface area contributed by atoms with Crippen LogP contribution in [0.25, 0.3) is 0 Å². The standard InChI is InChI=1S/C20H21N5O3/c1-12(2)28-17-8-18(22-10-15(17)9-21)24-20(27)25-13(3)4-5-14-6-7-16(11-26)23-19(14)25/h6-8,10-13H,4-5H2,1-3H3,(H,22,24,27). The van der Waals surface area contributed by atoms with Crippen LogP contribution in [0.3, 0.4) is 0 Å². The topological polar surface area (TPSA) is 108 Å². The van der Waals surface area contributed by atoms with Gasteiger partial charge in [-0.15, -0.1) is 0 Å². The third-order valence-electron chi connectivity index (χ3n) is 4.40. The molecule has 8 nitrogen and oxygen atoms in total. The van der Waals surface area contributed by atoms with Crippen molar-refractivity contribution in [1.29, 1.82) is 5.26 Å². The lowest BCUT2D eigenvalue weighted by Gasteiger charge is -2.34. The summed E-state index contributed by atoms with van der Waals surface area (Å²) < 4.78 is 5.63. The summed E-state index contributed by atoms with van der Waals surface area (Å²) in [5.41, 5.74) is 1.48. The van der Waals surface area contributed by atoms with Gasteiger partial charge in [0.05, 0.1) is 12.3 Å². The van der Waals surface area contributed by atoms with Crippen LogP contribution < -0.4 is 15.0 Å². The Hall–Kier alpha value is -3.47. The summed E-state index contributed by atoms with van der Waals surface area (Å²) in [5.74, 6) is 1.11. The molecule has 144 valence electrons. The lowest BCUT2D eigenvalue weighted by molar-refractivity contribution is 0.111. The van der Waals surface area contributed by atoms with Crippen molar-refractivity contribution < 1.29 is 14.3 Å². The first-order valence-corrected chi connectivity index (χ1v) is 9.05. The quantitative estimate of drug-likeness (QED) is 0.817. The van der Waals surface area contributed by atoms with Crippen LogP contribution in [0.1, 0.15) is 48.8 Å². The molecule has 0 saturated carbocycles. The smallest absolute Gasteiger partial charge is 0.328 e. The Kier molecular flexibility index (Phi) is 5.54. The average molecular weight is 379 g/mol. The molecular weight excluding hydrogens is 358 g/mol. The van der Waals surface area contributed by atoms with E-state index in [1.54, 1.807) is 6.07 Å². The number of ether oxygens (including phenoxy) is 1. The van der Waals surface area contributed by atoms with Gasteiger partial charge in [0.1, 0.15) is 34.7 Å². The van der Waals surface area contributed by atoms with Crippen LogP contribution >= 0.6 is 0 Å². The van der Waals surface area contributed by atoms with Crippen LogP contribution in [0.15, 0.2) is 24.4 Å². The van der Waals surface area contributed by atoms with Crippen molar-refractivity contribution in [3.63, 3.8) is 0 Å². The largest absolute Gasteiger partial charge is 0.489 e. The van der Waals surface area contributed by atoms with Crippen LogP contribution in [0.2, 0.25) is 0 Å². The highest BCUT2D eigenvalue weighted by molar-refractivity contribution is 6.02. The summed E-state index contributed by atoms with van der Waals surface area (Å²) in [7, 11) is 0. The molecule has 2 aromatic heterocycles. The number of nitrogens with zero attached hydrogens (tertiary/aromatic N) is 4. The molecule has 1 N–H and O–H groups in total. The van der Waals surface area contributed by atoms with Crippen LogP contribution in [0.5, 0.6) is 5.75 Å².